The van der Waals surface area contributed by atoms with E-state index in [0.29, 0.717) is 5.41 Å². The average molecular weight is 451 g/mol. The maximum Gasteiger partial charge on any atom is 0.221 e. The number of halogens is 1. The SMILES string of the molecule is CN=C(NCCCN1CCCC(C(N)=O)C1)N1CCC(C)(C)C1.I. The molecule has 140 valence electrons. The molecule has 0 aromatic heterocycles. The molecule has 2 rings (SSSR count). The normalized spacial score (nSPS) is 24.5. The number of likely N-dealkylation sites (tertiary alicyclic amines) is 2. The predicted molar refractivity (Wildman–Crippen MR) is 110 cm³/mol. The summed E-state index contributed by atoms with van der Waals surface area (Å²) in [5.74, 6) is 0.908. The second-order valence-corrected chi connectivity index (χ2v) is 7.71. The summed E-state index contributed by atoms with van der Waals surface area (Å²) in [7, 11) is 1.86. The summed E-state index contributed by atoms with van der Waals surface area (Å²) in [5, 5.41) is 3.48. The number of nitrogens with zero attached hydrogens (tertiary/aromatic N) is 3. The van der Waals surface area contributed by atoms with Crippen molar-refractivity contribution in [2.24, 2.45) is 22.1 Å². The van der Waals surface area contributed by atoms with Gasteiger partial charge in [0.05, 0.1) is 5.92 Å². The van der Waals surface area contributed by atoms with Gasteiger partial charge in [-0.15, -0.1) is 24.0 Å². The van der Waals surface area contributed by atoms with E-state index in [4.69, 9.17) is 5.73 Å². The quantitative estimate of drug-likeness (QED) is 0.288. The van der Waals surface area contributed by atoms with E-state index in [1.54, 1.807) is 0 Å². The Balaban J connectivity index is 0.00000288. The van der Waals surface area contributed by atoms with Gasteiger partial charge in [0.25, 0.3) is 0 Å². The first-order valence-corrected chi connectivity index (χ1v) is 8.88. The van der Waals surface area contributed by atoms with Gasteiger partial charge in [0.2, 0.25) is 5.91 Å². The van der Waals surface area contributed by atoms with Crippen LogP contribution in [0.5, 0.6) is 0 Å². The third-order valence-corrected chi connectivity index (χ3v) is 5.03. The Morgan fingerprint density at radius 2 is 2.12 bits per heavy atom. The van der Waals surface area contributed by atoms with Gasteiger partial charge in [0.1, 0.15) is 0 Å². The Kier molecular flexibility index (Phi) is 8.76. The highest BCUT2D eigenvalue weighted by atomic mass is 127. The Morgan fingerprint density at radius 3 is 2.71 bits per heavy atom. The van der Waals surface area contributed by atoms with Crippen LogP contribution < -0.4 is 11.1 Å². The van der Waals surface area contributed by atoms with Crippen LogP contribution in [0.3, 0.4) is 0 Å². The zero-order chi connectivity index (χ0) is 16.9. The van der Waals surface area contributed by atoms with Crippen molar-refractivity contribution >= 4 is 35.8 Å². The fourth-order valence-corrected chi connectivity index (χ4v) is 3.62. The van der Waals surface area contributed by atoms with Crippen LogP contribution in [-0.2, 0) is 4.79 Å². The number of piperidine rings is 1. The van der Waals surface area contributed by atoms with Crippen LogP contribution in [0.25, 0.3) is 0 Å². The lowest BCUT2D eigenvalue weighted by Crippen LogP contribution is -2.43. The first-order chi connectivity index (χ1) is 10.9. The van der Waals surface area contributed by atoms with Gasteiger partial charge in [0, 0.05) is 33.2 Å². The number of aliphatic imine (C=N–C) groups is 1. The number of primary amides is 1. The molecule has 1 atom stereocenters. The second-order valence-electron chi connectivity index (χ2n) is 7.71. The van der Waals surface area contributed by atoms with E-state index in [2.05, 4.69) is 34.0 Å². The summed E-state index contributed by atoms with van der Waals surface area (Å²) in [4.78, 5) is 20.4. The maximum absolute atomic E-state index is 11.3. The molecule has 24 heavy (non-hydrogen) atoms. The number of carbonyl (C=O) groups excluding carboxylic acids is 1. The van der Waals surface area contributed by atoms with E-state index < -0.39 is 0 Å². The molecule has 2 aliphatic rings. The summed E-state index contributed by atoms with van der Waals surface area (Å²) < 4.78 is 0. The molecule has 0 aliphatic carbocycles. The van der Waals surface area contributed by atoms with Crippen molar-refractivity contribution in [3.8, 4) is 0 Å². The molecule has 7 heteroatoms. The number of hydrogen-bond donors (Lipinski definition) is 2. The summed E-state index contributed by atoms with van der Waals surface area (Å²) in [5.41, 5.74) is 5.82. The van der Waals surface area contributed by atoms with Gasteiger partial charge in [-0.3, -0.25) is 9.79 Å². The van der Waals surface area contributed by atoms with E-state index in [1.807, 2.05) is 7.05 Å². The fraction of sp³-hybridized carbons (Fsp3) is 0.882. The molecule has 2 fully saturated rings. The summed E-state index contributed by atoms with van der Waals surface area (Å²) in [6.45, 7) is 10.6. The van der Waals surface area contributed by atoms with Crippen LogP contribution in [0.15, 0.2) is 4.99 Å². The third-order valence-electron chi connectivity index (χ3n) is 5.03. The van der Waals surface area contributed by atoms with E-state index in [0.717, 1.165) is 64.5 Å². The highest BCUT2D eigenvalue weighted by Crippen LogP contribution is 2.28. The number of carbonyl (C=O) groups is 1. The monoisotopic (exact) mass is 451 g/mol. The molecule has 0 bridgehead atoms. The van der Waals surface area contributed by atoms with E-state index in [-0.39, 0.29) is 35.8 Å². The number of rotatable bonds is 5. The molecule has 0 spiro atoms. The largest absolute Gasteiger partial charge is 0.369 e. The first-order valence-electron chi connectivity index (χ1n) is 8.88. The summed E-state index contributed by atoms with van der Waals surface area (Å²) >= 11 is 0. The van der Waals surface area contributed by atoms with Crippen molar-refractivity contribution in [3.63, 3.8) is 0 Å². The Bertz CT molecular complexity index is 441. The van der Waals surface area contributed by atoms with Crippen LogP contribution in [0.1, 0.15) is 39.5 Å². The lowest BCUT2D eigenvalue weighted by molar-refractivity contribution is -0.123. The van der Waals surface area contributed by atoms with E-state index in [1.165, 1.54) is 6.42 Å². The fourth-order valence-electron chi connectivity index (χ4n) is 3.62. The molecule has 0 aromatic rings. The lowest BCUT2D eigenvalue weighted by atomic mass is 9.93. The molecular weight excluding hydrogens is 417 g/mol. The van der Waals surface area contributed by atoms with Crippen molar-refractivity contribution in [1.29, 1.82) is 0 Å². The summed E-state index contributed by atoms with van der Waals surface area (Å²) in [6.07, 6.45) is 4.30. The molecule has 6 nitrogen and oxygen atoms in total. The average Bonchev–Trinajstić information content (AvgIpc) is 2.87. The topological polar surface area (TPSA) is 74.0 Å². The molecule has 3 N–H and O–H groups in total. The number of hydrogen-bond acceptors (Lipinski definition) is 3. The highest BCUT2D eigenvalue weighted by Gasteiger charge is 2.30. The number of guanidine groups is 1. The minimum atomic E-state index is -0.148. The number of nitrogens with two attached hydrogens (primary N) is 1. The Morgan fingerprint density at radius 1 is 1.38 bits per heavy atom. The standard InChI is InChI=1S/C17H33N5O.HI/c1-17(2)7-11-22(13-17)16(19-3)20-8-5-10-21-9-4-6-14(12-21)15(18)23;/h14H,4-13H2,1-3H3,(H2,18,23)(H,19,20);1H. The van der Waals surface area contributed by atoms with Crippen molar-refractivity contribution in [1.82, 2.24) is 15.1 Å². The molecule has 1 amide bonds. The minimum Gasteiger partial charge on any atom is -0.369 e. The maximum atomic E-state index is 11.3. The summed E-state index contributed by atoms with van der Waals surface area (Å²) in [6, 6.07) is 0. The van der Waals surface area contributed by atoms with Crippen LogP contribution in [0.2, 0.25) is 0 Å². The van der Waals surface area contributed by atoms with Crippen LogP contribution in [0, 0.1) is 11.3 Å². The van der Waals surface area contributed by atoms with Crippen LogP contribution in [-0.4, -0.2) is 68.0 Å². The van der Waals surface area contributed by atoms with Gasteiger partial charge in [-0.05, 0) is 44.2 Å². The zero-order valence-corrected chi connectivity index (χ0v) is 17.7. The molecule has 0 radical (unpaired) electrons. The molecule has 1 unspecified atom stereocenters. The number of amides is 1. The Labute approximate surface area is 163 Å². The molecule has 0 saturated carbocycles. The molecule has 0 aromatic carbocycles. The second kappa shape index (κ2) is 9.79. The van der Waals surface area contributed by atoms with Crippen molar-refractivity contribution in [3.05, 3.63) is 0 Å². The molecule has 2 heterocycles. The number of nitrogens with one attached hydrogen (secondary N) is 1. The highest BCUT2D eigenvalue weighted by molar-refractivity contribution is 14.0. The van der Waals surface area contributed by atoms with Gasteiger partial charge < -0.3 is 20.9 Å². The van der Waals surface area contributed by atoms with Gasteiger partial charge in [-0.1, -0.05) is 13.8 Å². The van der Waals surface area contributed by atoms with Gasteiger partial charge >= 0.3 is 0 Å². The molecular formula is C17H34IN5O. The van der Waals surface area contributed by atoms with Gasteiger partial charge in [-0.25, -0.2) is 0 Å². The molecule has 2 saturated heterocycles. The zero-order valence-electron chi connectivity index (χ0n) is 15.4. The van der Waals surface area contributed by atoms with Crippen LogP contribution >= 0.6 is 24.0 Å². The predicted octanol–water partition coefficient (Wildman–Crippen LogP) is 1.50. The van der Waals surface area contributed by atoms with Crippen LogP contribution in [0.4, 0.5) is 0 Å². The van der Waals surface area contributed by atoms with E-state index in [9.17, 15) is 4.79 Å². The van der Waals surface area contributed by atoms with Gasteiger partial charge in [-0.2, -0.15) is 0 Å². The first kappa shape index (κ1) is 21.5. The van der Waals surface area contributed by atoms with Crippen molar-refractivity contribution in [2.45, 2.75) is 39.5 Å². The Hall–Kier alpha value is -0.570. The van der Waals surface area contributed by atoms with Crippen molar-refractivity contribution in [2.75, 3.05) is 46.3 Å². The smallest absolute Gasteiger partial charge is 0.221 e. The minimum absolute atomic E-state index is 0. The van der Waals surface area contributed by atoms with E-state index >= 15 is 0 Å². The van der Waals surface area contributed by atoms with Crippen molar-refractivity contribution < 1.29 is 4.79 Å². The van der Waals surface area contributed by atoms with Gasteiger partial charge in [0.15, 0.2) is 5.96 Å². The lowest BCUT2D eigenvalue weighted by Gasteiger charge is -2.31. The molecule has 2 aliphatic heterocycles. The third kappa shape index (κ3) is 6.38.